The van der Waals surface area contributed by atoms with Gasteiger partial charge in [0.05, 0.1) is 27.2 Å². The summed E-state index contributed by atoms with van der Waals surface area (Å²) >= 11 is 0. The summed E-state index contributed by atoms with van der Waals surface area (Å²) in [6.07, 6.45) is 0.167. The highest BCUT2D eigenvalue weighted by Gasteiger charge is 2.10. The van der Waals surface area contributed by atoms with Crippen molar-refractivity contribution in [3.8, 4) is 17.2 Å². The predicted octanol–water partition coefficient (Wildman–Crippen LogP) is 0.958. The number of carbonyl (C=O) groups excluding carboxylic acids is 1. The van der Waals surface area contributed by atoms with Gasteiger partial charge >= 0.3 is 0 Å². The average Bonchev–Trinajstić information content (AvgIpc) is 2.28. The molecule has 0 atom stereocenters. The van der Waals surface area contributed by atoms with Gasteiger partial charge in [-0.05, 0) is 12.1 Å². The molecule has 0 radical (unpaired) electrons. The van der Waals surface area contributed by atoms with E-state index in [0.29, 0.717) is 17.2 Å². The Morgan fingerprint density at radius 3 is 2.50 bits per heavy atom. The Kier molecular flexibility index (Phi) is 4.44. The van der Waals surface area contributed by atoms with Crippen LogP contribution in [0.1, 0.15) is 6.42 Å². The van der Waals surface area contributed by atoms with Crippen LogP contribution in [0.2, 0.25) is 0 Å². The highest BCUT2D eigenvalue weighted by molar-refractivity contribution is 5.73. The number of methoxy groups -OCH3 is 2. The fraction of sp³-hybridized carbons (Fsp3) is 0.364. The molecule has 0 spiro atoms. The van der Waals surface area contributed by atoms with E-state index in [2.05, 4.69) is 0 Å². The standard InChI is InChI=1S/C11H15NO4/c1-14-8-4-3-5-9(11(8)15-2)16-7-6-10(12)13/h3-5H,6-7H2,1-2H3,(H2,12,13). The van der Waals surface area contributed by atoms with Crippen LogP contribution in [0.5, 0.6) is 17.2 Å². The molecule has 0 saturated carbocycles. The quantitative estimate of drug-likeness (QED) is 0.782. The van der Waals surface area contributed by atoms with Crippen molar-refractivity contribution in [2.45, 2.75) is 6.42 Å². The lowest BCUT2D eigenvalue weighted by atomic mass is 10.3. The zero-order valence-electron chi connectivity index (χ0n) is 9.36. The van der Waals surface area contributed by atoms with Gasteiger partial charge in [-0.25, -0.2) is 0 Å². The molecule has 1 amide bonds. The molecule has 88 valence electrons. The Labute approximate surface area is 94.1 Å². The fourth-order valence-electron chi connectivity index (χ4n) is 1.23. The van der Waals surface area contributed by atoms with E-state index in [1.807, 2.05) is 0 Å². The molecule has 0 fully saturated rings. The Bertz CT molecular complexity index is 365. The minimum absolute atomic E-state index is 0.167. The predicted molar refractivity (Wildman–Crippen MR) is 58.9 cm³/mol. The minimum Gasteiger partial charge on any atom is -0.493 e. The maximum Gasteiger partial charge on any atom is 0.220 e. The first-order chi connectivity index (χ1) is 7.69. The third-order valence-corrected chi connectivity index (χ3v) is 1.97. The number of hydrogen-bond acceptors (Lipinski definition) is 4. The molecule has 1 aromatic rings. The van der Waals surface area contributed by atoms with E-state index >= 15 is 0 Å². The van der Waals surface area contributed by atoms with E-state index in [1.165, 1.54) is 7.11 Å². The number of ether oxygens (including phenoxy) is 3. The van der Waals surface area contributed by atoms with Gasteiger partial charge in [0, 0.05) is 0 Å². The summed E-state index contributed by atoms with van der Waals surface area (Å²) in [6, 6.07) is 5.28. The second kappa shape index (κ2) is 5.85. The average molecular weight is 225 g/mol. The molecule has 16 heavy (non-hydrogen) atoms. The molecule has 0 heterocycles. The van der Waals surface area contributed by atoms with Crippen molar-refractivity contribution < 1.29 is 19.0 Å². The smallest absolute Gasteiger partial charge is 0.220 e. The molecule has 2 N–H and O–H groups in total. The molecule has 1 aromatic carbocycles. The Hall–Kier alpha value is -1.91. The minimum atomic E-state index is -0.401. The molecular weight excluding hydrogens is 210 g/mol. The molecule has 0 aliphatic carbocycles. The number of nitrogens with two attached hydrogens (primary N) is 1. The third kappa shape index (κ3) is 3.05. The normalized spacial score (nSPS) is 9.62. The molecule has 0 unspecified atom stereocenters. The van der Waals surface area contributed by atoms with Gasteiger partial charge in [0.25, 0.3) is 0 Å². The molecular formula is C11H15NO4. The van der Waals surface area contributed by atoms with E-state index in [0.717, 1.165) is 0 Å². The van der Waals surface area contributed by atoms with Gasteiger partial charge in [0.2, 0.25) is 11.7 Å². The maximum absolute atomic E-state index is 10.6. The Morgan fingerprint density at radius 2 is 1.94 bits per heavy atom. The van der Waals surface area contributed by atoms with Crippen LogP contribution >= 0.6 is 0 Å². The Balaban J connectivity index is 2.74. The largest absolute Gasteiger partial charge is 0.493 e. The van der Waals surface area contributed by atoms with Crippen LogP contribution in [-0.2, 0) is 4.79 Å². The molecule has 5 nitrogen and oxygen atoms in total. The molecule has 5 heteroatoms. The van der Waals surface area contributed by atoms with Crippen LogP contribution in [0.15, 0.2) is 18.2 Å². The highest BCUT2D eigenvalue weighted by atomic mass is 16.5. The summed E-state index contributed by atoms with van der Waals surface area (Å²) in [7, 11) is 3.07. The monoisotopic (exact) mass is 225 g/mol. The summed E-state index contributed by atoms with van der Waals surface area (Å²) in [6.45, 7) is 0.221. The van der Waals surface area contributed by atoms with Crippen molar-refractivity contribution in [3.63, 3.8) is 0 Å². The number of primary amides is 1. The number of amides is 1. The van der Waals surface area contributed by atoms with E-state index < -0.39 is 5.91 Å². The number of rotatable bonds is 6. The first-order valence-electron chi connectivity index (χ1n) is 4.81. The molecule has 0 aliphatic rings. The van der Waals surface area contributed by atoms with E-state index in [4.69, 9.17) is 19.9 Å². The summed E-state index contributed by atoms with van der Waals surface area (Å²) in [5.74, 6) is 1.22. The number of hydrogen-bond donors (Lipinski definition) is 1. The lowest BCUT2D eigenvalue weighted by molar-refractivity contribution is -0.118. The topological polar surface area (TPSA) is 70.8 Å². The van der Waals surface area contributed by atoms with E-state index in [9.17, 15) is 4.79 Å². The van der Waals surface area contributed by atoms with Crippen LogP contribution in [-0.4, -0.2) is 26.7 Å². The van der Waals surface area contributed by atoms with Gasteiger partial charge < -0.3 is 19.9 Å². The number of carbonyl (C=O) groups is 1. The van der Waals surface area contributed by atoms with Crippen molar-refractivity contribution in [1.82, 2.24) is 0 Å². The molecule has 0 saturated heterocycles. The van der Waals surface area contributed by atoms with Crippen LogP contribution in [0.3, 0.4) is 0 Å². The summed E-state index contributed by atoms with van der Waals surface area (Å²) in [4.78, 5) is 10.6. The van der Waals surface area contributed by atoms with Gasteiger partial charge in [0.1, 0.15) is 0 Å². The fourth-order valence-corrected chi connectivity index (χ4v) is 1.23. The zero-order valence-corrected chi connectivity index (χ0v) is 9.36. The lowest BCUT2D eigenvalue weighted by Gasteiger charge is -2.12. The maximum atomic E-state index is 10.6. The Morgan fingerprint density at radius 1 is 1.25 bits per heavy atom. The first-order valence-corrected chi connectivity index (χ1v) is 4.81. The van der Waals surface area contributed by atoms with Crippen molar-refractivity contribution >= 4 is 5.91 Å². The second-order valence-electron chi connectivity index (χ2n) is 3.06. The number of para-hydroxylation sites is 1. The van der Waals surface area contributed by atoms with Gasteiger partial charge in [0.15, 0.2) is 11.5 Å². The van der Waals surface area contributed by atoms with Gasteiger partial charge in [-0.1, -0.05) is 6.07 Å². The SMILES string of the molecule is COc1cccc(OCCC(N)=O)c1OC. The van der Waals surface area contributed by atoms with Crippen LogP contribution in [0.4, 0.5) is 0 Å². The van der Waals surface area contributed by atoms with Crippen LogP contribution in [0.25, 0.3) is 0 Å². The van der Waals surface area contributed by atoms with E-state index in [-0.39, 0.29) is 13.0 Å². The second-order valence-corrected chi connectivity index (χ2v) is 3.06. The summed E-state index contributed by atoms with van der Waals surface area (Å²) in [5.41, 5.74) is 5.01. The van der Waals surface area contributed by atoms with Crippen molar-refractivity contribution in [1.29, 1.82) is 0 Å². The highest BCUT2D eigenvalue weighted by Crippen LogP contribution is 2.36. The first kappa shape index (κ1) is 12.2. The molecule has 0 aliphatic heterocycles. The van der Waals surface area contributed by atoms with Gasteiger partial charge in [-0.15, -0.1) is 0 Å². The summed E-state index contributed by atoms with van der Waals surface area (Å²) in [5, 5.41) is 0. The van der Waals surface area contributed by atoms with Crippen molar-refractivity contribution in [2.75, 3.05) is 20.8 Å². The molecule has 1 rings (SSSR count). The summed E-state index contributed by atoms with van der Waals surface area (Å²) < 4.78 is 15.6. The van der Waals surface area contributed by atoms with Crippen molar-refractivity contribution in [3.05, 3.63) is 18.2 Å². The van der Waals surface area contributed by atoms with Gasteiger partial charge in [-0.3, -0.25) is 4.79 Å². The molecule has 0 bridgehead atoms. The van der Waals surface area contributed by atoms with Crippen LogP contribution in [0, 0.1) is 0 Å². The zero-order chi connectivity index (χ0) is 12.0. The van der Waals surface area contributed by atoms with Crippen molar-refractivity contribution in [2.24, 2.45) is 5.73 Å². The van der Waals surface area contributed by atoms with E-state index in [1.54, 1.807) is 25.3 Å². The van der Waals surface area contributed by atoms with Gasteiger partial charge in [-0.2, -0.15) is 0 Å². The lowest BCUT2D eigenvalue weighted by Crippen LogP contribution is -2.14. The molecule has 0 aromatic heterocycles. The van der Waals surface area contributed by atoms with Crippen LogP contribution < -0.4 is 19.9 Å². The number of benzene rings is 1. The third-order valence-electron chi connectivity index (χ3n) is 1.97.